The van der Waals surface area contributed by atoms with E-state index >= 15 is 0 Å². The largest absolute Gasteiger partial charge is 0.372 e. The molecule has 1 aliphatic carbocycles. The lowest BCUT2D eigenvalue weighted by atomic mass is 9.82. The maximum Gasteiger partial charge on any atom is 0.100 e. The molecule has 122 valence electrons. The second kappa shape index (κ2) is 6.32. The Morgan fingerprint density at radius 2 is 1.65 bits per heavy atom. The Bertz CT molecular complexity index is 651. The summed E-state index contributed by atoms with van der Waals surface area (Å²) in [5.74, 6) is 0.574. The Kier molecular flexibility index (Phi) is 4.04. The smallest absolute Gasteiger partial charge is 0.100 e. The monoisotopic (exact) mass is 311 g/mol. The maximum atomic E-state index is 5.86. The quantitative estimate of drug-likeness (QED) is 0.943. The van der Waals surface area contributed by atoms with Gasteiger partial charge in [-0.2, -0.15) is 0 Å². The summed E-state index contributed by atoms with van der Waals surface area (Å²) >= 11 is 0. The number of aromatic nitrogens is 3. The highest BCUT2D eigenvalue weighted by molar-refractivity contribution is 5.51. The third kappa shape index (κ3) is 2.74. The zero-order chi connectivity index (χ0) is 15.6. The number of hydrogen-bond acceptors (Lipinski definition) is 4. The molecule has 0 spiro atoms. The molecule has 2 N–H and O–H groups in total. The highest BCUT2D eigenvalue weighted by atomic mass is 15.4. The van der Waals surface area contributed by atoms with Gasteiger partial charge in [0.2, 0.25) is 0 Å². The molecule has 1 aliphatic heterocycles. The van der Waals surface area contributed by atoms with Crippen LogP contribution in [0, 0.1) is 0 Å². The van der Waals surface area contributed by atoms with E-state index in [-0.39, 0.29) is 0 Å². The van der Waals surface area contributed by atoms with Gasteiger partial charge in [0.15, 0.2) is 0 Å². The van der Waals surface area contributed by atoms with Crippen molar-refractivity contribution in [2.45, 2.75) is 51.0 Å². The minimum absolute atomic E-state index is 0.470. The molecule has 1 aromatic heterocycles. The molecule has 0 bridgehead atoms. The van der Waals surface area contributed by atoms with Crippen LogP contribution in [0.2, 0.25) is 0 Å². The van der Waals surface area contributed by atoms with Gasteiger partial charge in [0, 0.05) is 31.2 Å². The van der Waals surface area contributed by atoms with Gasteiger partial charge in [-0.15, -0.1) is 5.10 Å². The van der Waals surface area contributed by atoms with Crippen LogP contribution in [0.3, 0.4) is 0 Å². The molecule has 23 heavy (non-hydrogen) atoms. The first-order chi connectivity index (χ1) is 11.4. The minimum Gasteiger partial charge on any atom is -0.372 e. The Hall–Kier alpha value is -1.88. The number of nitrogens with zero attached hydrogens (tertiary/aromatic N) is 4. The van der Waals surface area contributed by atoms with E-state index in [2.05, 4.69) is 39.5 Å². The fraction of sp³-hybridized carbons (Fsp3) is 0.556. The maximum absolute atomic E-state index is 5.86. The van der Waals surface area contributed by atoms with Crippen molar-refractivity contribution in [1.82, 2.24) is 15.0 Å². The second-order valence-corrected chi connectivity index (χ2v) is 6.73. The van der Waals surface area contributed by atoms with E-state index in [0.717, 1.165) is 11.4 Å². The molecular formula is C18H25N5. The van der Waals surface area contributed by atoms with E-state index in [0.29, 0.717) is 12.5 Å². The van der Waals surface area contributed by atoms with Crippen LogP contribution in [0.4, 0.5) is 5.69 Å². The first kappa shape index (κ1) is 14.7. The molecule has 0 atom stereocenters. The van der Waals surface area contributed by atoms with Gasteiger partial charge in [-0.3, -0.25) is 0 Å². The van der Waals surface area contributed by atoms with Gasteiger partial charge < -0.3 is 10.6 Å². The summed E-state index contributed by atoms with van der Waals surface area (Å²) in [6.45, 7) is 2.82. The van der Waals surface area contributed by atoms with E-state index in [9.17, 15) is 0 Å². The summed E-state index contributed by atoms with van der Waals surface area (Å²) in [5, 5.41) is 8.68. The number of rotatable bonds is 4. The Morgan fingerprint density at radius 1 is 0.957 bits per heavy atom. The summed E-state index contributed by atoms with van der Waals surface area (Å²) < 4.78 is 2.01. The second-order valence-electron chi connectivity index (χ2n) is 6.73. The molecule has 1 saturated carbocycles. The van der Waals surface area contributed by atoms with E-state index in [4.69, 9.17) is 5.73 Å². The van der Waals surface area contributed by atoms with E-state index in [1.165, 1.54) is 63.0 Å². The van der Waals surface area contributed by atoms with Gasteiger partial charge in [-0.25, -0.2) is 4.68 Å². The standard InChI is InChI=1S/C18H25N5/c19-13-17-18(14-5-4-6-14)23(21-20-17)16-9-7-15(8-10-16)22-11-2-1-3-12-22/h7-10,14H,1-6,11-13,19H2. The van der Waals surface area contributed by atoms with E-state index in [1.54, 1.807) is 0 Å². The first-order valence-electron chi connectivity index (χ1n) is 8.87. The number of nitrogens with two attached hydrogens (primary N) is 1. The van der Waals surface area contributed by atoms with Crippen LogP contribution in [0.15, 0.2) is 24.3 Å². The van der Waals surface area contributed by atoms with Crippen LogP contribution in [0.25, 0.3) is 5.69 Å². The van der Waals surface area contributed by atoms with Crippen molar-refractivity contribution >= 4 is 5.69 Å². The molecule has 2 fully saturated rings. The van der Waals surface area contributed by atoms with Crippen LogP contribution >= 0.6 is 0 Å². The third-order valence-corrected chi connectivity index (χ3v) is 5.28. The zero-order valence-electron chi connectivity index (χ0n) is 13.6. The normalized spacial score (nSPS) is 18.9. The fourth-order valence-corrected chi connectivity index (χ4v) is 3.70. The predicted molar refractivity (Wildman–Crippen MR) is 91.9 cm³/mol. The molecule has 2 heterocycles. The van der Waals surface area contributed by atoms with Crippen molar-refractivity contribution in [3.05, 3.63) is 35.7 Å². The van der Waals surface area contributed by atoms with Crippen molar-refractivity contribution in [3.63, 3.8) is 0 Å². The summed E-state index contributed by atoms with van der Waals surface area (Å²) in [7, 11) is 0. The average Bonchev–Trinajstić information content (AvgIpc) is 2.98. The molecule has 1 saturated heterocycles. The van der Waals surface area contributed by atoms with Gasteiger partial charge in [0.25, 0.3) is 0 Å². The molecule has 0 radical (unpaired) electrons. The topological polar surface area (TPSA) is 60.0 Å². The molecule has 5 heteroatoms. The molecule has 0 amide bonds. The van der Waals surface area contributed by atoms with Crippen LogP contribution < -0.4 is 10.6 Å². The third-order valence-electron chi connectivity index (χ3n) is 5.28. The predicted octanol–water partition coefficient (Wildman–Crippen LogP) is 2.98. The van der Waals surface area contributed by atoms with Crippen LogP contribution in [0.1, 0.15) is 55.8 Å². The molecule has 0 unspecified atom stereocenters. The zero-order valence-corrected chi connectivity index (χ0v) is 13.6. The number of hydrogen-bond donors (Lipinski definition) is 1. The lowest BCUT2D eigenvalue weighted by molar-refractivity contribution is 0.401. The molecule has 4 rings (SSSR count). The lowest BCUT2D eigenvalue weighted by Gasteiger charge is -2.29. The van der Waals surface area contributed by atoms with Crippen molar-refractivity contribution in [3.8, 4) is 5.69 Å². The molecule has 2 aromatic rings. The molecular weight excluding hydrogens is 286 g/mol. The number of anilines is 1. The van der Waals surface area contributed by atoms with Gasteiger partial charge in [-0.1, -0.05) is 11.6 Å². The molecule has 1 aromatic carbocycles. The molecule has 2 aliphatic rings. The van der Waals surface area contributed by atoms with E-state index in [1.807, 2.05) is 4.68 Å². The van der Waals surface area contributed by atoms with Crippen molar-refractivity contribution in [2.24, 2.45) is 5.73 Å². The Balaban J connectivity index is 1.61. The highest BCUT2D eigenvalue weighted by Crippen LogP contribution is 2.38. The van der Waals surface area contributed by atoms with Crippen molar-refractivity contribution in [1.29, 1.82) is 0 Å². The number of benzene rings is 1. The molecule has 5 nitrogen and oxygen atoms in total. The highest BCUT2D eigenvalue weighted by Gasteiger charge is 2.27. The van der Waals surface area contributed by atoms with Gasteiger partial charge in [-0.05, 0) is 56.4 Å². The van der Waals surface area contributed by atoms with Crippen molar-refractivity contribution < 1.29 is 0 Å². The Labute approximate surface area is 137 Å². The Morgan fingerprint density at radius 3 is 2.26 bits per heavy atom. The summed E-state index contributed by atoms with van der Waals surface area (Å²) in [4.78, 5) is 2.48. The van der Waals surface area contributed by atoms with Crippen LogP contribution in [-0.2, 0) is 6.54 Å². The van der Waals surface area contributed by atoms with Crippen LogP contribution in [0.5, 0.6) is 0 Å². The fourth-order valence-electron chi connectivity index (χ4n) is 3.70. The van der Waals surface area contributed by atoms with Gasteiger partial charge >= 0.3 is 0 Å². The van der Waals surface area contributed by atoms with Gasteiger partial charge in [0.05, 0.1) is 11.4 Å². The van der Waals surface area contributed by atoms with Crippen molar-refractivity contribution in [2.75, 3.05) is 18.0 Å². The first-order valence-corrected chi connectivity index (χ1v) is 8.87. The minimum atomic E-state index is 0.470. The average molecular weight is 311 g/mol. The SMILES string of the molecule is NCc1nnn(-c2ccc(N3CCCCC3)cc2)c1C1CCC1. The number of piperidine rings is 1. The van der Waals surface area contributed by atoms with E-state index < -0.39 is 0 Å². The lowest BCUT2D eigenvalue weighted by Crippen LogP contribution is -2.29. The van der Waals surface area contributed by atoms with Crippen LogP contribution in [-0.4, -0.2) is 28.1 Å². The summed E-state index contributed by atoms with van der Waals surface area (Å²) in [6, 6.07) is 8.77. The summed E-state index contributed by atoms with van der Waals surface area (Å²) in [6.07, 6.45) is 7.72. The summed E-state index contributed by atoms with van der Waals surface area (Å²) in [5.41, 5.74) is 10.5. The van der Waals surface area contributed by atoms with Gasteiger partial charge in [0.1, 0.15) is 5.69 Å².